The predicted molar refractivity (Wildman–Crippen MR) is 141 cm³/mol. The number of aliphatic hydroxyl groups excluding tert-OH is 1. The van der Waals surface area contributed by atoms with Crippen LogP contribution in [0.4, 0.5) is 0 Å². The van der Waals surface area contributed by atoms with Crippen LogP contribution < -0.4 is 0 Å². The van der Waals surface area contributed by atoms with E-state index in [9.17, 15) is 18.3 Å². The Kier molecular flexibility index (Phi) is 7.72. The molecule has 37 heavy (non-hydrogen) atoms. The molecule has 3 heterocycles. The number of aliphatic hydroxyl groups is 1. The first-order valence-corrected chi connectivity index (χ1v) is 14.6. The number of hydrogen-bond donors (Lipinski definition) is 1. The lowest BCUT2D eigenvalue weighted by Gasteiger charge is -2.22. The first-order chi connectivity index (χ1) is 17.2. The third kappa shape index (κ3) is 6.34. The summed E-state index contributed by atoms with van der Waals surface area (Å²) in [6, 6.07) is 3.58. The van der Waals surface area contributed by atoms with Gasteiger partial charge in [0.2, 0.25) is 0 Å². The number of cyclic esters (lactones) is 1. The first-order valence-electron chi connectivity index (χ1n) is 12.6. The number of carbonyl (C=O) groups excluding carboxylic acids is 1. The van der Waals surface area contributed by atoms with Gasteiger partial charge in [-0.1, -0.05) is 31.2 Å². The first kappa shape index (κ1) is 27.6. The topological polar surface area (TPSA) is 112 Å². The molecule has 0 bridgehead atoms. The molecule has 8 nitrogen and oxygen atoms in total. The van der Waals surface area contributed by atoms with Gasteiger partial charge in [0.1, 0.15) is 39.5 Å². The molecule has 0 radical (unpaired) electrons. The molecular formula is C28H36O8S. The molecule has 1 unspecified atom stereocenters. The van der Waals surface area contributed by atoms with Crippen LogP contribution in [0.3, 0.4) is 0 Å². The van der Waals surface area contributed by atoms with Crippen molar-refractivity contribution in [3.8, 4) is 0 Å². The van der Waals surface area contributed by atoms with E-state index in [-0.39, 0.29) is 18.1 Å². The van der Waals surface area contributed by atoms with Crippen molar-refractivity contribution in [2.24, 2.45) is 5.92 Å². The van der Waals surface area contributed by atoms with Crippen LogP contribution >= 0.6 is 0 Å². The third-order valence-corrected chi connectivity index (χ3v) is 7.84. The molecule has 1 fully saturated rings. The minimum atomic E-state index is -3.16. The van der Waals surface area contributed by atoms with Gasteiger partial charge in [0.05, 0.1) is 17.4 Å². The molecule has 4 rings (SSSR count). The lowest BCUT2D eigenvalue weighted by atomic mass is 9.95. The second-order valence-electron chi connectivity index (χ2n) is 10.6. The Morgan fingerprint density at radius 1 is 1.14 bits per heavy atom. The lowest BCUT2D eigenvalue weighted by molar-refractivity contribution is -0.152. The molecule has 1 aromatic heterocycles. The van der Waals surface area contributed by atoms with Crippen LogP contribution in [0, 0.1) is 12.8 Å². The highest BCUT2D eigenvalue weighted by atomic mass is 32.2. The monoisotopic (exact) mass is 532 g/mol. The van der Waals surface area contributed by atoms with Gasteiger partial charge >= 0.3 is 5.97 Å². The fraction of sp³-hybridized carbons (Fsp3) is 0.536. The van der Waals surface area contributed by atoms with E-state index in [0.717, 1.165) is 0 Å². The van der Waals surface area contributed by atoms with Gasteiger partial charge in [0, 0.05) is 24.0 Å². The van der Waals surface area contributed by atoms with Gasteiger partial charge in [-0.15, -0.1) is 0 Å². The van der Waals surface area contributed by atoms with Crippen molar-refractivity contribution in [3.05, 3.63) is 52.8 Å². The molecule has 1 aromatic carbocycles. The second kappa shape index (κ2) is 10.4. The van der Waals surface area contributed by atoms with E-state index in [2.05, 4.69) is 0 Å². The van der Waals surface area contributed by atoms with Crippen LogP contribution in [-0.4, -0.2) is 61.7 Å². The summed E-state index contributed by atoms with van der Waals surface area (Å²) in [5.41, 5.74) is 2.33. The van der Waals surface area contributed by atoms with Gasteiger partial charge in [0.25, 0.3) is 0 Å². The van der Waals surface area contributed by atoms with Crippen molar-refractivity contribution in [3.63, 3.8) is 0 Å². The molecular weight excluding hydrogens is 496 g/mol. The maximum atomic E-state index is 13.4. The summed E-state index contributed by atoms with van der Waals surface area (Å²) in [5, 5.41) is 11.5. The fourth-order valence-electron chi connectivity index (χ4n) is 4.79. The summed E-state index contributed by atoms with van der Waals surface area (Å²) < 4.78 is 47.3. The van der Waals surface area contributed by atoms with E-state index in [0.29, 0.717) is 39.8 Å². The zero-order chi connectivity index (χ0) is 27.1. The average molecular weight is 533 g/mol. The van der Waals surface area contributed by atoms with Crippen LogP contribution in [-0.2, 0) is 30.5 Å². The van der Waals surface area contributed by atoms with Gasteiger partial charge in [-0.2, -0.15) is 0 Å². The maximum Gasteiger partial charge on any atom is 0.339 e. The summed E-state index contributed by atoms with van der Waals surface area (Å²) >= 11 is 0. The summed E-state index contributed by atoms with van der Waals surface area (Å²) in [6.07, 6.45) is 6.82. The Bertz CT molecular complexity index is 1330. The van der Waals surface area contributed by atoms with E-state index < -0.39 is 46.0 Å². The quantitative estimate of drug-likeness (QED) is 0.458. The summed E-state index contributed by atoms with van der Waals surface area (Å²) in [6.45, 7) is 9.19. The number of furan rings is 1. The van der Waals surface area contributed by atoms with Crippen molar-refractivity contribution < 1.29 is 36.9 Å². The molecule has 1 N–H and O–H groups in total. The van der Waals surface area contributed by atoms with Crippen LogP contribution in [0.5, 0.6) is 0 Å². The van der Waals surface area contributed by atoms with Gasteiger partial charge < -0.3 is 23.7 Å². The highest BCUT2D eigenvalue weighted by Gasteiger charge is 2.43. The van der Waals surface area contributed by atoms with Crippen molar-refractivity contribution >= 4 is 32.9 Å². The van der Waals surface area contributed by atoms with Crippen LogP contribution in [0.2, 0.25) is 0 Å². The average Bonchev–Trinajstić information content (AvgIpc) is 3.33. The maximum absolute atomic E-state index is 13.4. The third-order valence-electron chi connectivity index (χ3n) is 6.89. The molecule has 9 heteroatoms. The molecule has 2 aliphatic rings. The Labute approximate surface area is 218 Å². The largest absolute Gasteiger partial charge is 0.461 e. The van der Waals surface area contributed by atoms with Crippen molar-refractivity contribution in [1.82, 2.24) is 0 Å². The van der Waals surface area contributed by atoms with E-state index in [4.69, 9.17) is 18.6 Å². The summed E-state index contributed by atoms with van der Waals surface area (Å²) in [5.74, 6) is -0.963. The molecule has 0 saturated carbocycles. The molecule has 2 aromatic rings. The highest BCUT2D eigenvalue weighted by Crippen LogP contribution is 2.35. The molecule has 1 saturated heterocycles. The standard InChI is InChI=1S/C28H36O8S/c1-16-10-11-22(29)26-23(35-28(4,5)36-26)9-7-8-20-21-15-19(12-13-37(6,31)32)34-24(21)14-17(2)25(20)27(30)33-18(16)3/h7-8,10-11,14-16,18,22-23,26,29H,9,12-13H2,1-6H3/b8-7+,11-10-/t16-,18+,22?,23+,26-/m1/s1. The molecule has 0 spiro atoms. The van der Waals surface area contributed by atoms with Crippen LogP contribution in [0.1, 0.15) is 61.4 Å². The van der Waals surface area contributed by atoms with Crippen LogP contribution in [0.25, 0.3) is 17.0 Å². The lowest BCUT2D eigenvalue weighted by Crippen LogP contribution is -2.34. The van der Waals surface area contributed by atoms with Gasteiger partial charge in [-0.25, -0.2) is 13.2 Å². The number of hydrogen-bond acceptors (Lipinski definition) is 8. The number of fused-ring (bicyclic) bond motifs is 4. The number of aryl methyl sites for hydroxylation is 2. The van der Waals surface area contributed by atoms with Gasteiger partial charge in [-0.05, 0) is 57.4 Å². The normalized spacial score (nSPS) is 30.2. The Morgan fingerprint density at radius 2 is 1.86 bits per heavy atom. The number of benzene rings is 1. The fourth-order valence-corrected chi connectivity index (χ4v) is 5.36. The highest BCUT2D eigenvalue weighted by molar-refractivity contribution is 7.90. The Hall–Kier alpha value is -2.46. The number of esters is 1. The number of carbonyl (C=O) groups is 1. The second-order valence-corrected chi connectivity index (χ2v) is 12.9. The van der Waals surface area contributed by atoms with E-state index in [1.165, 1.54) is 6.26 Å². The SMILES string of the molecule is Cc1cc2oc(CCS(C)(=O)=O)cc2c2c1C(=O)O[C@@H](C)[C@H](C)/C=C\C(O)[C@H]1OC(C)(C)O[C@H]1C/C=C/2. The number of ether oxygens (including phenoxy) is 3. The van der Waals surface area contributed by atoms with Gasteiger partial charge in [0.15, 0.2) is 5.79 Å². The predicted octanol–water partition coefficient (Wildman–Crippen LogP) is 4.36. The summed E-state index contributed by atoms with van der Waals surface area (Å²) in [4.78, 5) is 13.4. The van der Waals surface area contributed by atoms with Crippen molar-refractivity contribution in [2.45, 2.75) is 77.7 Å². The van der Waals surface area contributed by atoms with E-state index >= 15 is 0 Å². The smallest absolute Gasteiger partial charge is 0.339 e. The van der Waals surface area contributed by atoms with Crippen molar-refractivity contribution in [1.29, 1.82) is 0 Å². The zero-order valence-corrected chi connectivity index (χ0v) is 23.0. The minimum absolute atomic E-state index is 0.0344. The molecule has 0 aliphatic carbocycles. The molecule has 2 aliphatic heterocycles. The van der Waals surface area contributed by atoms with Gasteiger partial charge in [-0.3, -0.25) is 0 Å². The summed E-state index contributed by atoms with van der Waals surface area (Å²) in [7, 11) is -3.16. The van der Waals surface area contributed by atoms with Crippen molar-refractivity contribution in [2.75, 3.05) is 12.0 Å². The van der Waals surface area contributed by atoms with E-state index in [1.54, 1.807) is 18.2 Å². The Balaban J connectivity index is 1.80. The number of sulfone groups is 1. The van der Waals surface area contributed by atoms with Crippen LogP contribution in [0.15, 0.2) is 34.8 Å². The van der Waals surface area contributed by atoms with E-state index in [1.807, 2.05) is 52.8 Å². The molecule has 202 valence electrons. The zero-order valence-electron chi connectivity index (χ0n) is 22.2. The molecule has 0 amide bonds. The molecule has 5 atom stereocenters. The minimum Gasteiger partial charge on any atom is -0.461 e. The number of rotatable bonds is 3. The Morgan fingerprint density at radius 3 is 2.57 bits per heavy atom.